The number of benzene rings is 2. The molecule has 0 fully saturated rings. The maximum atomic E-state index is 13.0. The molecule has 3 rings (SSSR count). The quantitative estimate of drug-likeness (QED) is 0.708. The van der Waals surface area contributed by atoms with Gasteiger partial charge in [0.1, 0.15) is 0 Å². The Bertz CT molecular complexity index is 989. The van der Waals surface area contributed by atoms with Crippen molar-refractivity contribution in [3.63, 3.8) is 0 Å². The fourth-order valence-electron chi connectivity index (χ4n) is 3.59. The van der Waals surface area contributed by atoms with Gasteiger partial charge in [-0.25, -0.2) is 0 Å². The first kappa shape index (κ1) is 21.6. The molecule has 156 valence electrons. The van der Waals surface area contributed by atoms with Crippen molar-refractivity contribution in [2.45, 2.75) is 31.8 Å². The van der Waals surface area contributed by atoms with Crippen molar-refractivity contribution in [1.29, 1.82) is 0 Å². The average Bonchev–Trinajstić information content (AvgIpc) is 2.73. The van der Waals surface area contributed by atoms with E-state index < -0.39 is 18.1 Å². The van der Waals surface area contributed by atoms with Crippen molar-refractivity contribution in [3.05, 3.63) is 76.4 Å². The maximum Gasteiger partial charge on any atom is 0.307 e. The second-order valence-corrected chi connectivity index (χ2v) is 7.42. The second-order valence-electron chi connectivity index (χ2n) is 7.01. The number of halogens is 1. The van der Waals surface area contributed by atoms with E-state index in [0.29, 0.717) is 10.6 Å². The van der Waals surface area contributed by atoms with Crippen molar-refractivity contribution in [2.75, 3.05) is 7.11 Å². The number of nitrogens with zero attached hydrogens (tertiary/aromatic N) is 1. The van der Waals surface area contributed by atoms with Crippen LogP contribution in [-0.2, 0) is 19.1 Å². The summed E-state index contributed by atoms with van der Waals surface area (Å²) in [4.78, 5) is 38.6. The van der Waals surface area contributed by atoms with Crippen LogP contribution in [0, 0.1) is 0 Å². The molecular weight excluding hydrogens is 404 g/mol. The number of rotatable bonds is 6. The molecule has 1 aliphatic rings. The number of methoxy groups -OCH3 is 1. The summed E-state index contributed by atoms with van der Waals surface area (Å²) >= 11 is 6.29. The fraction of sp³-hybridized carbons (Fsp3) is 0.261. The molecule has 7 heteroatoms. The van der Waals surface area contributed by atoms with Gasteiger partial charge in [0.15, 0.2) is 0 Å². The number of hydrogen-bond acceptors (Lipinski definition) is 4. The Labute approximate surface area is 180 Å². The number of nitrogens with one attached hydrogen (secondary N) is 1. The molecule has 0 aliphatic carbocycles. The van der Waals surface area contributed by atoms with Crippen LogP contribution in [0.1, 0.15) is 48.5 Å². The Morgan fingerprint density at radius 3 is 2.53 bits per heavy atom. The predicted octanol–water partition coefficient (Wildman–Crippen LogP) is 4.02. The lowest BCUT2D eigenvalue weighted by Crippen LogP contribution is -2.37. The molecule has 2 amide bonds. The molecule has 0 spiro atoms. The van der Waals surface area contributed by atoms with Crippen LogP contribution < -0.4 is 5.32 Å². The van der Waals surface area contributed by atoms with Crippen molar-refractivity contribution >= 4 is 35.5 Å². The first-order chi connectivity index (χ1) is 14.4. The summed E-state index contributed by atoms with van der Waals surface area (Å²) in [7, 11) is 1.30. The number of hydrogen-bond donors (Lipinski definition) is 1. The van der Waals surface area contributed by atoms with Gasteiger partial charge in [-0.3, -0.25) is 14.4 Å². The van der Waals surface area contributed by atoms with Crippen LogP contribution >= 0.6 is 11.6 Å². The monoisotopic (exact) mass is 426 g/mol. The number of amides is 2. The summed E-state index contributed by atoms with van der Waals surface area (Å²) in [5.74, 6) is -0.919. The van der Waals surface area contributed by atoms with E-state index in [2.05, 4.69) is 5.32 Å². The normalized spacial score (nSPS) is 15.8. The lowest BCUT2D eigenvalue weighted by atomic mass is 9.93. The topological polar surface area (TPSA) is 75.7 Å². The molecule has 2 atom stereocenters. The first-order valence-corrected chi connectivity index (χ1v) is 9.95. The molecule has 1 heterocycles. The highest BCUT2D eigenvalue weighted by Gasteiger charge is 2.29. The van der Waals surface area contributed by atoms with Gasteiger partial charge in [0.2, 0.25) is 11.8 Å². The van der Waals surface area contributed by atoms with Gasteiger partial charge < -0.3 is 15.0 Å². The molecular formula is C23H23ClN2O4. The van der Waals surface area contributed by atoms with Gasteiger partial charge in [0.25, 0.3) is 0 Å². The summed E-state index contributed by atoms with van der Waals surface area (Å²) in [5.41, 5.74) is 2.49. The number of carbonyl (C=O) groups excluding carboxylic acids is 3. The van der Waals surface area contributed by atoms with Crippen molar-refractivity contribution in [1.82, 2.24) is 10.2 Å². The van der Waals surface area contributed by atoms with Crippen molar-refractivity contribution in [2.24, 2.45) is 0 Å². The SMILES string of the molecule is COC(=O)CC(NC(=O)CC1c2ccccc2C=CN1C(C)=O)c1ccccc1Cl. The Morgan fingerprint density at radius 2 is 1.83 bits per heavy atom. The standard InChI is InChI=1S/C23H23ClN2O4/c1-15(27)26-12-11-16-7-3-4-8-17(16)21(26)14-22(28)25-20(13-23(29)30-2)18-9-5-6-10-19(18)24/h3-12,20-21H,13-14H2,1-2H3,(H,25,28). The Hall–Kier alpha value is -3.12. The van der Waals surface area contributed by atoms with Crippen LogP contribution in [0.2, 0.25) is 5.02 Å². The largest absolute Gasteiger partial charge is 0.469 e. The zero-order valence-corrected chi connectivity index (χ0v) is 17.6. The van der Waals surface area contributed by atoms with E-state index >= 15 is 0 Å². The molecule has 6 nitrogen and oxygen atoms in total. The van der Waals surface area contributed by atoms with Gasteiger partial charge in [-0.1, -0.05) is 54.1 Å². The summed E-state index contributed by atoms with van der Waals surface area (Å²) < 4.78 is 4.77. The summed E-state index contributed by atoms with van der Waals surface area (Å²) in [5, 5.41) is 3.34. The highest BCUT2D eigenvalue weighted by molar-refractivity contribution is 6.31. The minimum absolute atomic E-state index is 0.0447. The third kappa shape index (κ3) is 4.89. The number of fused-ring (bicyclic) bond motifs is 1. The van der Waals surface area contributed by atoms with Crippen molar-refractivity contribution in [3.8, 4) is 0 Å². The third-order valence-corrected chi connectivity index (χ3v) is 5.41. The molecule has 0 saturated heterocycles. The molecule has 0 bridgehead atoms. The third-order valence-electron chi connectivity index (χ3n) is 5.06. The first-order valence-electron chi connectivity index (χ1n) is 9.57. The average molecular weight is 427 g/mol. The predicted molar refractivity (Wildman–Crippen MR) is 114 cm³/mol. The van der Waals surface area contributed by atoms with E-state index in [1.54, 1.807) is 35.4 Å². The van der Waals surface area contributed by atoms with Crippen LogP contribution in [0.5, 0.6) is 0 Å². The number of carbonyl (C=O) groups is 3. The molecule has 0 radical (unpaired) electrons. The number of ether oxygens (including phenoxy) is 1. The molecule has 1 aliphatic heterocycles. The van der Waals surface area contributed by atoms with Gasteiger partial charge in [-0.2, -0.15) is 0 Å². The van der Waals surface area contributed by atoms with Crippen LogP contribution in [-0.4, -0.2) is 29.8 Å². The van der Waals surface area contributed by atoms with E-state index in [1.165, 1.54) is 14.0 Å². The highest BCUT2D eigenvalue weighted by atomic mass is 35.5. The Balaban J connectivity index is 1.83. The molecule has 2 unspecified atom stereocenters. The summed E-state index contributed by atoms with van der Waals surface area (Å²) in [6, 6.07) is 13.6. The summed E-state index contributed by atoms with van der Waals surface area (Å²) in [6.07, 6.45) is 3.55. The van der Waals surface area contributed by atoms with E-state index in [9.17, 15) is 14.4 Å². The minimum atomic E-state index is -0.640. The lowest BCUT2D eigenvalue weighted by molar-refractivity contribution is -0.141. The molecule has 0 aromatic heterocycles. The van der Waals surface area contributed by atoms with Crippen LogP contribution in [0.25, 0.3) is 6.08 Å². The highest BCUT2D eigenvalue weighted by Crippen LogP contribution is 2.33. The molecule has 2 aromatic carbocycles. The van der Waals surface area contributed by atoms with E-state index in [0.717, 1.165) is 11.1 Å². The molecule has 30 heavy (non-hydrogen) atoms. The number of esters is 1. The van der Waals surface area contributed by atoms with E-state index in [4.69, 9.17) is 16.3 Å². The zero-order chi connectivity index (χ0) is 21.7. The van der Waals surface area contributed by atoms with Crippen LogP contribution in [0.3, 0.4) is 0 Å². The molecule has 0 saturated carbocycles. The maximum absolute atomic E-state index is 13.0. The Morgan fingerprint density at radius 1 is 1.13 bits per heavy atom. The summed E-state index contributed by atoms with van der Waals surface area (Å²) in [6.45, 7) is 1.47. The zero-order valence-electron chi connectivity index (χ0n) is 16.8. The molecule has 2 aromatic rings. The van der Waals surface area contributed by atoms with Gasteiger partial charge in [0.05, 0.1) is 32.0 Å². The van der Waals surface area contributed by atoms with E-state index in [1.807, 2.05) is 30.3 Å². The van der Waals surface area contributed by atoms with E-state index in [-0.39, 0.29) is 24.7 Å². The Kier molecular flexibility index (Phi) is 6.90. The van der Waals surface area contributed by atoms with Gasteiger partial charge >= 0.3 is 5.97 Å². The lowest BCUT2D eigenvalue weighted by Gasteiger charge is -2.32. The van der Waals surface area contributed by atoms with Gasteiger partial charge in [-0.05, 0) is 28.8 Å². The minimum Gasteiger partial charge on any atom is -0.469 e. The second kappa shape index (κ2) is 9.59. The smallest absolute Gasteiger partial charge is 0.307 e. The van der Waals surface area contributed by atoms with Crippen LogP contribution in [0.15, 0.2) is 54.7 Å². The van der Waals surface area contributed by atoms with Gasteiger partial charge in [0, 0.05) is 18.1 Å². The van der Waals surface area contributed by atoms with Crippen molar-refractivity contribution < 1.29 is 19.1 Å². The molecule has 1 N–H and O–H groups in total. The van der Waals surface area contributed by atoms with Crippen LogP contribution in [0.4, 0.5) is 0 Å². The fourth-order valence-corrected chi connectivity index (χ4v) is 3.86. The van der Waals surface area contributed by atoms with Gasteiger partial charge in [-0.15, -0.1) is 0 Å².